The molecule has 2 N–H and O–H groups in total. The van der Waals surface area contributed by atoms with Gasteiger partial charge in [0.25, 0.3) is 0 Å². The van der Waals surface area contributed by atoms with E-state index in [9.17, 15) is 9.59 Å². The normalized spacial score (nSPS) is 12.9. The van der Waals surface area contributed by atoms with Crippen LogP contribution >= 0.6 is 0 Å². The zero-order valence-electron chi connectivity index (χ0n) is 15.3. The maximum atomic E-state index is 12.0. The number of carbonyl (C=O) groups is 2. The first-order valence-electron chi connectivity index (χ1n) is 7.70. The van der Waals surface area contributed by atoms with E-state index in [1.807, 2.05) is 26.2 Å². The van der Waals surface area contributed by atoms with Gasteiger partial charge in [-0.3, -0.25) is 9.59 Å². The highest BCUT2D eigenvalue weighted by molar-refractivity contribution is 6.88. The average molecular weight is 365 g/mol. The number of amides is 2. The molecule has 6 nitrogen and oxygen atoms in total. The third-order valence-corrected chi connectivity index (χ3v) is 12.3. The Kier molecular flexibility index (Phi) is 8.20. The molecule has 0 spiro atoms. The van der Waals surface area contributed by atoms with Crippen LogP contribution < -0.4 is 10.6 Å². The summed E-state index contributed by atoms with van der Waals surface area (Å²) < 4.78 is 12.4. The van der Waals surface area contributed by atoms with Crippen molar-refractivity contribution in [2.24, 2.45) is 0 Å². The summed E-state index contributed by atoms with van der Waals surface area (Å²) in [5, 5.41) is 5.33. The molecule has 0 saturated heterocycles. The Morgan fingerprint density at radius 2 is 1.36 bits per heavy atom. The van der Waals surface area contributed by atoms with Crippen LogP contribution in [0, 0.1) is 0 Å². The molecular weight excluding hydrogens is 332 g/mol. The first kappa shape index (κ1) is 21.5. The van der Waals surface area contributed by atoms with Crippen molar-refractivity contribution >= 4 is 37.0 Å². The van der Waals surface area contributed by atoms with E-state index in [1.165, 1.54) is 0 Å². The van der Waals surface area contributed by atoms with Gasteiger partial charge in [0.1, 0.15) is 0 Å². The molecule has 2 amide bonds. The second-order valence-corrected chi connectivity index (χ2v) is 19.9. The number of rotatable bonds is 9. The summed E-state index contributed by atoms with van der Waals surface area (Å²) in [5.74, 6) is -0.170. The predicted octanol–water partition coefficient (Wildman–Crippen LogP) is 2.36. The zero-order valence-corrected chi connectivity index (χ0v) is 18.3. The van der Waals surface area contributed by atoms with Crippen LogP contribution in [0.15, 0.2) is 0 Å². The lowest BCUT2D eigenvalue weighted by Gasteiger charge is -2.37. The van der Waals surface area contributed by atoms with Crippen molar-refractivity contribution in [1.82, 2.24) is 10.6 Å². The summed E-state index contributed by atoms with van der Waals surface area (Å²) in [5.41, 5.74) is 0. The van der Waals surface area contributed by atoms with Gasteiger partial charge in [-0.1, -0.05) is 6.92 Å². The molecule has 0 fully saturated rings. The van der Waals surface area contributed by atoms with Crippen LogP contribution in [0.5, 0.6) is 0 Å². The van der Waals surface area contributed by atoms with Crippen LogP contribution in [-0.4, -0.2) is 43.7 Å². The van der Waals surface area contributed by atoms with Crippen molar-refractivity contribution in [3.05, 3.63) is 0 Å². The van der Waals surface area contributed by atoms with Crippen LogP contribution in [0.2, 0.25) is 51.9 Å². The average Bonchev–Trinajstić information content (AvgIpc) is 2.22. The van der Waals surface area contributed by atoms with Gasteiger partial charge in [0, 0.05) is 12.5 Å². The van der Waals surface area contributed by atoms with Crippen molar-refractivity contribution < 1.29 is 17.8 Å². The number of carbonyl (C=O) groups excluding carboxylic acids is 2. The van der Waals surface area contributed by atoms with E-state index in [4.69, 9.17) is 8.23 Å². The summed E-state index contributed by atoms with van der Waals surface area (Å²) in [6.45, 7) is 16.5. The summed E-state index contributed by atoms with van der Waals surface area (Å²) in [6, 6.07) is 0.362. The van der Waals surface area contributed by atoms with Gasteiger partial charge in [-0.2, -0.15) is 0 Å². The minimum atomic E-state index is -2.22. The molecule has 0 heterocycles. The van der Waals surface area contributed by atoms with Crippen LogP contribution in [0.4, 0.5) is 0 Å². The second kappa shape index (κ2) is 8.39. The van der Waals surface area contributed by atoms with Gasteiger partial charge in [-0.25, -0.2) is 0 Å². The molecule has 0 aromatic rings. The monoisotopic (exact) mass is 364 g/mol. The Balaban J connectivity index is 4.38. The van der Waals surface area contributed by atoms with E-state index in [1.54, 1.807) is 6.92 Å². The number of hydrogen-bond acceptors (Lipinski definition) is 4. The molecule has 0 aromatic carbocycles. The maximum absolute atomic E-state index is 12.0. The first-order chi connectivity index (χ1) is 9.76. The summed E-state index contributed by atoms with van der Waals surface area (Å²) >= 11 is 0. The van der Waals surface area contributed by atoms with Gasteiger partial charge in [0.15, 0.2) is 16.6 Å². The maximum Gasteiger partial charge on any atom is 0.311 e. The summed E-state index contributed by atoms with van der Waals surface area (Å²) in [7, 11) is -6.03. The van der Waals surface area contributed by atoms with Crippen molar-refractivity contribution in [3.8, 4) is 0 Å². The second-order valence-electron chi connectivity index (χ2n) is 7.38. The lowest BCUT2D eigenvalue weighted by molar-refractivity contribution is -0.121. The van der Waals surface area contributed by atoms with Crippen LogP contribution in [0.1, 0.15) is 13.3 Å². The Morgan fingerprint density at radius 3 is 1.82 bits per heavy atom. The minimum absolute atomic E-state index is 0.0786. The van der Waals surface area contributed by atoms with Crippen molar-refractivity contribution in [2.75, 3.05) is 6.67 Å². The molecular formula is C13H32N2O4Si3. The van der Waals surface area contributed by atoms with Gasteiger partial charge in [-0.05, 0) is 45.8 Å². The fraction of sp³-hybridized carbons (Fsp3) is 0.846. The van der Waals surface area contributed by atoms with Crippen LogP contribution in [0.3, 0.4) is 0 Å². The fourth-order valence-corrected chi connectivity index (χ4v) is 15.2. The molecule has 0 unspecified atom stereocenters. The predicted molar refractivity (Wildman–Crippen MR) is 96.7 cm³/mol. The van der Waals surface area contributed by atoms with Gasteiger partial charge in [0.2, 0.25) is 11.8 Å². The lowest BCUT2D eigenvalue weighted by Crippen LogP contribution is -2.52. The quantitative estimate of drug-likeness (QED) is 0.486. The zero-order chi connectivity index (χ0) is 17.6. The Hall–Kier alpha value is -0.489. The molecule has 0 bridgehead atoms. The molecule has 0 aromatic heterocycles. The molecule has 130 valence electrons. The third kappa shape index (κ3) is 11.1. The van der Waals surface area contributed by atoms with E-state index in [0.717, 1.165) is 0 Å². The molecule has 0 aliphatic heterocycles. The van der Waals surface area contributed by atoms with E-state index < -0.39 is 25.2 Å². The van der Waals surface area contributed by atoms with E-state index >= 15 is 0 Å². The molecule has 22 heavy (non-hydrogen) atoms. The van der Waals surface area contributed by atoms with Gasteiger partial charge < -0.3 is 18.9 Å². The fourth-order valence-electron chi connectivity index (χ4n) is 2.28. The smallest absolute Gasteiger partial charge is 0.311 e. The third-order valence-electron chi connectivity index (χ3n) is 2.55. The van der Waals surface area contributed by atoms with Gasteiger partial charge >= 0.3 is 8.56 Å². The SMILES string of the molecule is CCC(=O)NCNC(=O)C[Si](C)(C)O[Si](C)(C)O[Si](C)(C)C. The Labute approximate surface area is 137 Å². The molecule has 0 aliphatic rings. The van der Waals surface area contributed by atoms with Gasteiger partial charge in [0.05, 0.1) is 6.67 Å². The summed E-state index contributed by atoms with van der Waals surface area (Å²) in [4.78, 5) is 23.1. The van der Waals surface area contributed by atoms with E-state index in [2.05, 4.69) is 30.3 Å². The Bertz CT molecular complexity index is 395. The Morgan fingerprint density at radius 1 is 0.864 bits per heavy atom. The highest BCUT2D eigenvalue weighted by Gasteiger charge is 2.38. The topological polar surface area (TPSA) is 76.7 Å². The standard InChI is InChI=1S/C13H32N2O4Si3/c1-9-12(16)14-11-15-13(17)10-21(5,6)19-22(7,8)18-20(2,3)4/h9-11H2,1-8H3,(H,14,16)(H,15,17). The summed E-state index contributed by atoms with van der Waals surface area (Å²) in [6.07, 6.45) is 0.410. The molecule has 0 atom stereocenters. The van der Waals surface area contributed by atoms with Crippen molar-refractivity contribution in [2.45, 2.75) is 65.2 Å². The largest absolute Gasteiger partial charge is 0.437 e. The molecule has 9 heteroatoms. The van der Waals surface area contributed by atoms with Gasteiger partial charge in [-0.15, -0.1) is 0 Å². The highest BCUT2D eigenvalue weighted by Crippen LogP contribution is 2.22. The van der Waals surface area contributed by atoms with E-state index in [-0.39, 0.29) is 18.5 Å². The number of hydrogen-bond donors (Lipinski definition) is 2. The highest BCUT2D eigenvalue weighted by atomic mass is 28.5. The van der Waals surface area contributed by atoms with Crippen LogP contribution in [0.25, 0.3) is 0 Å². The number of nitrogens with one attached hydrogen (secondary N) is 2. The molecule has 0 rings (SSSR count). The molecule has 0 radical (unpaired) electrons. The van der Waals surface area contributed by atoms with Crippen LogP contribution in [-0.2, 0) is 17.8 Å². The van der Waals surface area contributed by atoms with Crippen molar-refractivity contribution in [1.29, 1.82) is 0 Å². The first-order valence-corrected chi connectivity index (χ1v) is 17.0. The van der Waals surface area contributed by atoms with E-state index in [0.29, 0.717) is 12.5 Å². The minimum Gasteiger partial charge on any atom is -0.437 e. The molecule has 0 aliphatic carbocycles. The molecule has 0 saturated carbocycles. The lowest BCUT2D eigenvalue weighted by atomic mass is 10.5. The van der Waals surface area contributed by atoms with Crippen molar-refractivity contribution in [3.63, 3.8) is 0 Å².